The maximum absolute atomic E-state index is 3.43. The van der Waals surface area contributed by atoms with E-state index in [9.17, 15) is 0 Å². The lowest BCUT2D eigenvalue weighted by Gasteiger charge is -2.08. The van der Waals surface area contributed by atoms with Gasteiger partial charge in [0.1, 0.15) is 0 Å². The van der Waals surface area contributed by atoms with Gasteiger partial charge >= 0.3 is 0 Å². The first-order chi connectivity index (χ1) is 7.65. The molecule has 1 rings (SSSR count). The summed E-state index contributed by atoms with van der Waals surface area (Å²) in [7, 11) is 0. The minimum Gasteiger partial charge on any atom is -0.313 e. The molecule has 0 aliphatic carbocycles. The van der Waals surface area contributed by atoms with Crippen molar-refractivity contribution in [3.8, 4) is 0 Å². The Kier molecular flexibility index (Phi) is 5.27. The molecule has 0 fully saturated rings. The Balaban J connectivity index is 2.73. The summed E-state index contributed by atoms with van der Waals surface area (Å²) in [5.74, 6) is 0. The standard InChI is InChI=1S/C15H23N/c1-5-9-16-11-12(2)10-15-13(3)7-6-8-14(15)4/h6-8,10,16H,5,9,11H2,1-4H3/b12-10+. The number of rotatable bonds is 5. The van der Waals surface area contributed by atoms with Gasteiger partial charge in [-0.05, 0) is 50.4 Å². The lowest BCUT2D eigenvalue weighted by Crippen LogP contribution is -2.16. The predicted molar refractivity (Wildman–Crippen MR) is 72.7 cm³/mol. The van der Waals surface area contributed by atoms with E-state index >= 15 is 0 Å². The Morgan fingerprint density at radius 1 is 1.25 bits per heavy atom. The number of hydrogen-bond acceptors (Lipinski definition) is 1. The highest BCUT2D eigenvalue weighted by Crippen LogP contribution is 2.16. The van der Waals surface area contributed by atoms with Gasteiger partial charge < -0.3 is 5.32 Å². The first kappa shape index (κ1) is 13.0. The van der Waals surface area contributed by atoms with Crippen molar-refractivity contribution in [2.75, 3.05) is 13.1 Å². The van der Waals surface area contributed by atoms with Gasteiger partial charge in [0.15, 0.2) is 0 Å². The highest BCUT2D eigenvalue weighted by Gasteiger charge is 1.99. The molecule has 0 aliphatic rings. The maximum Gasteiger partial charge on any atom is 0.0165 e. The number of aryl methyl sites for hydroxylation is 2. The van der Waals surface area contributed by atoms with Gasteiger partial charge in [-0.2, -0.15) is 0 Å². The average Bonchev–Trinajstić information content (AvgIpc) is 2.24. The fourth-order valence-corrected chi connectivity index (χ4v) is 1.81. The summed E-state index contributed by atoms with van der Waals surface area (Å²) in [6.07, 6.45) is 3.49. The van der Waals surface area contributed by atoms with Crippen molar-refractivity contribution in [1.29, 1.82) is 0 Å². The Morgan fingerprint density at radius 3 is 2.44 bits per heavy atom. The van der Waals surface area contributed by atoms with Crippen molar-refractivity contribution in [1.82, 2.24) is 5.32 Å². The van der Waals surface area contributed by atoms with Crippen LogP contribution >= 0.6 is 0 Å². The Hall–Kier alpha value is -1.08. The average molecular weight is 217 g/mol. The molecule has 0 spiro atoms. The van der Waals surface area contributed by atoms with Crippen molar-refractivity contribution in [2.24, 2.45) is 0 Å². The fraction of sp³-hybridized carbons (Fsp3) is 0.467. The highest BCUT2D eigenvalue weighted by molar-refractivity contribution is 5.59. The lowest BCUT2D eigenvalue weighted by atomic mass is 10.0. The van der Waals surface area contributed by atoms with E-state index in [1.165, 1.54) is 28.7 Å². The van der Waals surface area contributed by atoms with Crippen molar-refractivity contribution >= 4 is 6.08 Å². The molecule has 0 radical (unpaired) electrons. The Morgan fingerprint density at radius 2 is 1.88 bits per heavy atom. The zero-order chi connectivity index (χ0) is 12.0. The minimum atomic E-state index is 0.988. The molecule has 16 heavy (non-hydrogen) atoms. The van der Waals surface area contributed by atoms with Gasteiger partial charge in [0.25, 0.3) is 0 Å². The summed E-state index contributed by atoms with van der Waals surface area (Å²) >= 11 is 0. The predicted octanol–water partition coefficient (Wildman–Crippen LogP) is 3.71. The van der Waals surface area contributed by atoms with E-state index in [1.54, 1.807) is 0 Å². The molecule has 0 amide bonds. The number of nitrogens with one attached hydrogen (secondary N) is 1. The van der Waals surface area contributed by atoms with Crippen LogP contribution in [0.3, 0.4) is 0 Å². The molecule has 88 valence electrons. The van der Waals surface area contributed by atoms with E-state index in [4.69, 9.17) is 0 Å². The second-order valence-corrected chi connectivity index (χ2v) is 4.47. The third kappa shape index (κ3) is 3.82. The van der Waals surface area contributed by atoms with E-state index in [1.807, 2.05) is 0 Å². The Bertz CT molecular complexity index is 343. The van der Waals surface area contributed by atoms with E-state index < -0.39 is 0 Å². The first-order valence-electron chi connectivity index (χ1n) is 6.09. The SMILES string of the molecule is CCCNC/C(C)=C/c1c(C)cccc1C. The summed E-state index contributed by atoms with van der Waals surface area (Å²) in [5, 5.41) is 3.43. The van der Waals surface area contributed by atoms with E-state index in [0.717, 1.165) is 13.1 Å². The Labute approximate surface area is 99.6 Å². The van der Waals surface area contributed by atoms with Crippen molar-refractivity contribution < 1.29 is 0 Å². The molecule has 0 saturated heterocycles. The molecule has 0 aliphatic heterocycles. The summed E-state index contributed by atoms with van der Waals surface area (Å²) in [4.78, 5) is 0. The lowest BCUT2D eigenvalue weighted by molar-refractivity contribution is 0.715. The van der Waals surface area contributed by atoms with E-state index in [0.29, 0.717) is 0 Å². The maximum atomic E-state index is 3.43. The second-order valence-electron chi connectivity index (χ2n) is 4.47. The van der Waals surface area contributed by atoms with Crippen molar-refractivity contribution in [3.05, 3.63) is 40.5 Å². The largest absolute Gasteiger partial charge is 0.313 e. The quantitative estimate of drug-likeness (QED) is 0.741. The van der Waals surface area contributed by atoms with E-state index in [2.05, 4.69) is 57.3 Å². The smallest absolute Gasteiger partial charge is 0.0165 e. The van der Waals surface area contributed by atoms with Crippen molar-refractivity contribution in [2.45, 2.75) is 34.1 Å². The molecule has 0 aromatic heterocycles. The molecule has 0 atom stereocenters. The van der Waals surface area contributed by atoms with Crippen LogP contribution in [0.2, 0.25) is 0 Å². The number of hydrogen-bond donors (Lipinski definition) is 1. The molecule has 0 heterocycles. The van der Waals surface area contributed by atoms with Crippen LogP contribution in [0.1, 0.15) is 37.0 Å². The number of benzene rings is 1. The zero-order valence-corrected chi connectivity index (χ0v) is 10.9. The normalized spacial score (nSPS) is 11.9. The molecule has 0 saturated carbocycles. The topological polar surface area (TPSA) is 12.0 Å². The summed E-state index contributed by atoms with van der Waals surface area (Å²) in [6.45, 7) is 10.8. The van der Waals surface area contributed by atoms with Gasteiger partial charge in [-0.3, -0.25) is 0 Å². The zero-order valence-electron chi connectivity index (χ0n) is 10.9. The van der Waals surface area contributed by atoms with Gasteiger partial charge in [0.2, 0.25) is 0 Å². The molecule has 0 bridgehead atoms. The molecule has 1 aromatic carbocycles. The van der Waals surface area contributed by atoms with Crippen LogP contribution < -0.4 is 5.32 Å². The molecular formula is C15H23N. The third-order valence-electron chi connectivity index (χ3n) is 2.76. The van der Waals surface area contributed by atoms with Crippen LogP contribution in [-0.4, -0.2) is 13.1 Å². The molecule has 1 heteroatoms. The summed E-state index contributed by atoms with van der Waals surface area (Å²) < 4.78 is 0. The molecule has 1 N–H and O–H groups in total. The minimum absolute atomic E-state index is 0.988. The second kappa shape index (κ2) is 6.49. The highest BCUT2D eigenvalue weighted by atomic mass is 14.8. The monoisotopic (exact) mass is 217 g/mol. The van der Waals surface area contributed by atoms with Crippen LogP contribution in [0.25, 0.3) is 6.08 Å². The summed E-state index contributed by atoms with van der Waals surface area (Å²) in [5.41, 5.74) is 5.48. The molecule has 1 aromatic rings. The van der Waals surface area contributed by atoms with Gasteiger partial charge in [0, 0.05) is 6.54 Å². The van der Waals surface area contributed by atoms with Gasteiger partial charge in [-0.25, -0.2) is 0 Å². The van der Waals surface area contributed by atoms with Crippen LogP contribution in [0.4, 0.5) is 0 Å². The third-order valence-corrected chi connectivity index (χ3v) is 2.76. The molecule has 1 nitrogen and oxygen atoms in total. The van der Waals surface area contributed by atoms with Crippen molar-refractivity contribution in [3.63, 3.8) is 0 Å². The van der Waals surface area contributed by atoms with Crippen LogP contribution in [0, 0.1) is 13.8 Å². The first-order valence-corrected chi connectivity index (χ1v) is 6.09. The van der Waals surface area contributed by atoms with Crippen LogP contribution in [0.15, 0.2) is 23.8 Å². The molecule has 0 unspecified atom stereocenters. The van der Waals surface area contributed by atoms with E-state index in [-0.39, 0.29) is 0 Å². The fourth-order valence-electron chi connectivity index (χ4n) is 1.81. The van der Waals surface area contributed by atoms with Gasteiger partial charge in [0.05, 0.1) is 0 Å². The molecular weight excluding hydrogens is 194 g/mol. The van der Waals surface area contributed by atoms with Gasteiger partial charge in [-0.15, -0.1) is 0 Å². The van der Waals surface area contributed by atoms with Gasteiger partial charge in [-0.1, -0.05) is 36.8 Å². The van der Waals surface area contributed by atoms with Crippen LogP contribution in [-0.2, 0) is 0 Å². The summed E-state index contributed by atoms with van der Waals surface area (Å²) in [6, 6.07) is 6.46. The van der Waals surface area contributed by atoms with Crippen LogP contribution in [0.5, 0.6) is 0 Å².